The summed E-state index contributed by atoms with van der Waals surface area (Å²) >= 11 is 0. The summed E-state index contributed by atoms with van der Waals surface area (Å²) in [4.78, 5) is 17.1. The number of pyridine rings is 1. The Hall–Kier alpha value is -4.64. The zero-order valence-electron chi connectivity index (χ0n) is 20.6. The molecule has 5 nitrogen and oxygen atoms in total. The summed E-state index contributed by atoms with van der Waals surface area (Å²) < 4.78 is 6.31. The molecule has 2 aliphatic heterocycles. The number of aromatic nitrogens is 1. The topological polar surface area (TPSA) is 73.2 Å². The number of hydrogen-bond acceptors (Lipinski definition) is 5. The first-order valence-corrected chi connectivity index (χ1v) is 12.5. The number of ketones is 1. The Morgan fingerprint density at radius 3 is 2.70 bits per heavy atom. The number of rotatable bonds is 7. The molecule has 0 amide bonds. The molecule has 5 heteroatoms. The molecular weight excluding hydrogens is 458 g/mol. The van der Waals surface area contributed by atoms with Crippen molar-refractivity contribution >= 4 is 17.6 Å². The molecule has 0 saturated carbocycles. The largest absolute Gasteiger partial charge is 0.462 e. The minimum Gasteiger partial charge on any atom is -0.462 e. The van der Waals surface area contributed by atoms with Gasteiger partial charge in [0, 0.05) is 35.5 Å². The van der Waals surface area contributed by atoms with Gasteiger partial charge >= 0.3 is 0 Å². The monoisotopic (exact) mass is 485 g/mol. The van der Waals surface area contributed by atoms with Crippen molar-refractivity contribution in [2.75, 3.05) is 0 Å². The van der Waals surface area contributed by atoms with Gasteiger partial charge in [0.25, 0.3) is 0 Å². The highest BCUT2D eigenvalue weighted by molar-refractivity contribution is 6.18. The van der Waals surface area contributed by atoms with E-state index in [0.717, 1.165) is 47.0 Å². The van der Waals surface area contributed by atoms with Gasteiger partial charge in [-0.1, -0.05) is 60.7 Å². The van der Waals surface area contributed by atoms with Crippen LogP contribution in [0.1, 0.15) is 41.4 Å². The highest BCUT2D eigenvalue weighted by Crippen LogP contribution is 2.35. The van der Waals surface area contributed by atoms with E-state index in [9.17, 15) is 4.79 Å². The molecule has 0 spiro atoms. The fraction of sp³-hybridized carbons (Fsp3) is 0.125. The zero-order valence-corrected chi connectivity index (χ0v) is 20.6. The Bertz CT molecular complexity index is 1510. The van der Waals surface area contributed by atoms with Crippen molar-refractivity contribution < 1.29 is 9.53 Å². The van der Waals surface area contributed by atoms with E-state index in [0.29, 0.717) is 11.3 Å². The molecule has 0 bridgehead atoms. The molecule has 1 aromatic heterocycles. The molecule has 3 heterocycles. The van der Waals surface area contributed by atoms with Crippen molar-refractivity contribution in [1.82, 2.24) is 15.6 Å². The van der Waals surface area contributed by atoms with Crippen molar-refractivity contribution in [3.63, 3.8) is 0 Å². The second kappa shape index (κ2) is 9.78. The number of carbonyl (C=O) groups excluding carboxylic acids is 1. The summed E-state index contributed by atoms with van der Waals surface area (Å²) in [6, 6.07) is 23.4. The number of allylic oxidation sites excluding steroid dienone is 6. The summed E-state index contributed by atoms with van der Waals surface area (Å²) in [5, 5.41) is 6.74. The number of dihydropyridines is 1. The first-order valence-electron chi connectivity index (χ1n) is 12.5. The van der Waals surface area contributed by atoms with Crippen LogP contribution in [0.25, 0.3) is 11.8 Å². The Morgan fingerprint density at radius 1 is 1.00 bits per heavy atom. The molecule has 0 saturated heterocycles. The highest BCUT2D eigenvalue weighted by Gasteiger charge is 2.30. The van der Waals surface area contributed by atoms with Crippen LogP contribution in [0.4, 0.5) is 0 Å². The summed E-state index contributed by atoms with van der Waals surface area (Å²) in [5.41, 5.74) is 7.71. The number of Topliss-reactive ketones (excluding diaryl/α,β-unsaturated/α-hetero) is 1. The maximum Gasteiger partial charge on any atom is 0.211 e. The van der Waals surface area contributed by atoms with E-state index >= 15 is 0 Å². The second-order valence-electron chi connectivity index (χ2n) is 9.35. The van der Waals surface area contributed by atoms with E-state index in [4.69, 9.17) is 4.74 Å². The molecule has 37 heavy (non-hydrogen) atoms. The van der Waals surface area contributed by atoms with Crippen molar-refractivity contribution in [3.8, 4) is 5.75 Å². The number of ether oxygens (including phenoxy) is 1. The Kier molecular flexibility index (Phi) is 6.03. The Morgan fingerprint density at radius 2 is 1.86 bits per heavy atom. The lowest BCUT2D eigenvalue weighted by Crippen LogP contribution is -2.29. The van der Waals surface area contributed by atoms with Gasteiger partial charge in [-0.05, 0) is 60.9 Å². The van der Waals surface area contributed by atoms with Crippen LogP contribution in [0.5, 0.6) is 5.75 Å². The molecule has 0 radical (unpaired) electrons. The number of hydrogen-bond donors (Lipinski definition) is 2. The lowest BCUT2D eigenvalue weighted by Gasteiger charge is -2.28. The molecule has 2 N–H and O–H groups in total. The minimum atomic E-state index is 0.00910. The van der Waals surface area contributed by atoms with E-state index in [1.54, 1.807) is 0 Å². The fourth-order valence-electron chi connectivity index (χ4n) is 4.76. The van der Waals surface area contributed by atoms with Gasteiger partial charge in [0.1, 0.15) is 17.2 Å². The van der Waals surface area contributed by atoms with Crippen molar-refractivity contribution in [2.24, 2.45) is 0 Å². The lowest BCUT2D eigenvalue weighted by molar-refractivity contribution is 0.103. The first kappa shape index (κ1) is 22.8. The van der Waals surface area contributed by atoms with Crippen LogP contribution >= 0.6 is 0 Å². The summed E-state index contributed by atoms with van der Waals surface area (Å²) in [5.74, 6) is 1.69. The molecule has 0 fully saturated rings. The molecule has 1 atom stereocenters. The van der Waals surface area contributed by atoms with E-state index < -0.39 is 0 Å². The summed E-state index contributed by atoms with van der Waals surface area (Å²) in [6.45, 7) is 2.15. The van der Waals surface area contributed by atoms with Crippen LogP contribution in [0.3, 0.4) is 0 Å². The predicted octanol–water partition coefficient (Wildman–Crippen LogP) is 6.18. The van der Waals surface area contributed by atoms with Crippen LogP contribution < -0.4 is 15.4 Å². The van der Waals surface area contributed by atoms with Gasteiger partial charge in [-0.2, -0.15) is 0 Å². The van der Waals surface area contributed by atoms with Crippen molar-refractivity contribution in [3.05, 3.63) is 142 Å². The molecule has 3 aliphatic rings. The van der Waals surface area contributed by atoms with Gasteiger partial charge in [-0.3, -0.25) is 9.78 Å². The van der Waals surface area contributed by atoms with Gasteiger partial charge in [-0.15, -0.1) is 0 Å². The maximum absolute atomic E-state index is 12.7. The molecule has 182 valence electrons. The molecule has 0 unspecified atom stereocenters. The van der Waals surface area contributed by atoms with E-state index in [1.165, 1.54) is 11.1 Å². The molecule has 1 aliphatic carbocycles. The minimum absolute atomic E-state index is 0.00910. The average Bonchev–Trinajstić information content (AvgIpc) is 3.73. The summed E-state index contributed by atoms with van der Waals surface area (Å²) in [6.07, 6.45) is 12.1. The zero-order chi connectivity index (χ0) is 25.2. The number of benzene rings is 2. The molecule has 2 aromatic carbocycles. The van der Waals surface area contributed by atoms with E-state index in [1.807, 2.05) is 79.0 Å². The Labute approximate surface area is 216 Å². The first-order chi connectivity index (χ1) is 18.1. The molecule has 6 rings (SSSR count). The van der Waals surface area contributed by atoms with Crippen LogP contribution in [0.2, 0.25) is 0 Å². The van der Waals surface area contributed by atoms with E-state index in [-0.39, 0.29) is 11.8 Å². The van der Waals surface area contributed by atoms with Gasteiger partial charge in [0.05, 0.1) is 11.4 Å². The second-order valence-corrected chi connectivity index (χ2v) is 9.35. The fourth-order valence-corrected chi connectivity index (χ4v) is 4.76. The van der Waals surface area contributed by atoms with E-state index in [2.05, 4.69) is 46.8 Å². The summed E-state index contributed by atoms with van der Waals surface area (Å²) in [7, 11) is 0. The van der Waals surface area contributed by atoms with Gasteiger partial charge in [0.2, 0.25) is 5.78 Å². The third kappa shape index (κ3) is 5.02. The normalized spacial score (nSPS) is 18.5. The quantitative estimate of drug-likeness (QED) is 0.391. The predicted molar refractivity (Wildman–Crippen MR) is 146 cm³/mol. The highest BCUT2D eigenvalue weighted by atomic mass is 16.5. The van der Waals surface area contributed by atoms with Crippen LogP contribution in [0.15, 0.2) is 126 Å². The smallest absolute Gasteiger partial charge is 0.211 e. The van der Waals surface area contributed by atoms with Crippen molar-refractivity contribution in [1.29, 1.82) is 0 Å². The molecular formula is C32H27N3O2. The third-order valence-corrected chi connectivity index (χ3v) is 6.61. The van der Waals surface area contributed by atoms with Gasteiger partial charge in [0.15, 0.2) is 0 Å². The average molecular weight is 486 g/mol. The standard InChI is InChI=1S/C32H27N3O2/c1-21-18-23(13-14-25-11-5-6-17-33-25)28-16-15-27(20-29(28)34-21)37-26-12-7-10-24(19-26)30-31(35-30)32(36)22-8-3-2-4-9-22/h2-14,17-21,34-35H,15-16H2,1H3/b14-13+/t21-/m1/s1. The number of nitrogens with zero attached hydrogens (tertiary/aromatic N) is 1. The van der Waals surface area contributed by atoms with Crippen LogP contribution in [-0.4, -0.2) is 16.8 Å². The Balaban J connectivity index is 1.19. The number of nitrogens with one attached hydrogen (secondary N) is 2. The lowest BCUT2D eigenvalue weighted by atomic mass is 9.89. The number of carbonyl (C=O) groups is 1. The van der Waals surface area contributed by atoms with Crippen LogP contribution in [0, 0.1) is 0 Å². The third-order valence-electron chi connectivity index (χ3n) is 6.61. The molecule has 3 aromatic rings. The maximum atomic E-state index is 12.7. The van der Waals surface area contributed by atoms with Gasteiger partial charge < -0.3 is 15.4 Å². The SMILES string of the molecule is C[C@@H]1C=C(/C=C/c2ccccn2)C2=C(C=C(Oc3cccc(C4=C(C(=O)c5ccccc5)N4)c3)CC2)N1. The van der Waals surface area contributed by atoms with Crippen LogP contribution in [-0.2, 0) is 0 Å². The van der Waals surface area contributed by atoms with Gasteiger partial charge in [-0.25, -0.2) is 0 Å². The van der Waals surface area contributed by atoms with Crippen molar-refractivity contribution in [2.45, 2.75) is 25.8 Å².